The van der Waals surface area contributed by atoms with Crippen LogP contribution in [-0.2, 0) is 13.0 Å². The summed E-state index contributed by atoms with van der Waals surface area (Å²) in [5, 5.41) is 4.10. The fraction of sp³-hybridized carbons (Fsp3) is 0.429. The van der Waals surface area contributed by atoms with Crippen LogP contribution in [-0.4, -0.2) is 43.7 Å². The van der Waals surface area contributed by atoms with Crippen molar-refractivity contribution in [2.45, 2.75) is 39.7 Å². The van der Waals surface area contributed by atoms with Crippen molar-refractivity contribution in [3.63, 3.8) is 0 Å². The van der Waals surface area contributed by atoms with Crippen LogP contribution in [0.4, 0.5) is 14.9 Å². The lowest BCUT2D eigenvalue weighted by Gasteiger charge is -2.33. The number of likely N-dealkylation sites (tertiary alicyclic amines) is 1. The summed E-state index contributed by atoms with van der Waals surface area (Å²) in [6.45, 7) is 5.86. The third kappa shape index (κ3) is 3.14. The van der Waals surface area contributed by atoms with Gasteiger partial charge in [0.2, 0.25) is 11.7 Å². The predicted octanol–water partition coefficient (Wildman–Crippen LogP) is 3.80. The van der Waals surface area contributed by atoms with Crippen molar-refractivity contribution in [3.8, 4) is 17.2 Å². The van der Waals surface area contributed by atoms with Gasteiger partial charge in [0.05, 0.1) is 23.6 Å². The average molecular weight is 410 g/mol. The minimum absolute atomic E-state index is 0.119. The maximum Gasteiger partial charge on any atom is 0.324 e. The van der Waals surface area contributed by atoms with E-state index in [1.807, 2.05) is 9.47 Å². The summed E-state index contributed by atoms with van der Waals surface area (Å²) in [6.07, 6.45) is 4.32. The van der Waals surface area contributed by atoms with Crippen LogP contribution in [0, 0.1) is 11.7 Å². The molecule has 9 heteroatoms. The summed E-state index contributed by atoms with van der Waals surface area (Å²) >= 11 is 0. The first-order chi connectivity index (χ1) is 14.5. The van der Waals surface area contributed by atoms with Gasteiger partial charge in [-0.05, 0) is 37.0 Å². The number of nitrogens with zero attached hydrogens (tertiary/aromatic N) is 6. The summed E-state index contributed by atoms with van der Waals surface area (Å²) in [5.74, 6) is 0.973. The predicted molar refractivity (Wildman–Crippen MR) is 108 cm³/mol. The first-order valence-electron chi connectivity index (χ1n) is 10.3. The van der Waals surface area contributed by atoms with Gasteiger partial charge in [0.15, 0.2) is 0 Å². The van der Waals surface area contributed by atoms with Crippen molar-refractivity contribution in [2.75, 3.05) is 18.0 Å². The largest absolute Gasteiger partial charge is 0.339 e. The summed E-state index contributed by atoms with van der Waals surface area (Å²) in [7, 11) is 0. The fourth-order valence-electron chi connectivity index (χ4n) is 4.10. The van der Waals surface area contributed by atoms with Crippen LogP contribution in [0.25, 0.3) is 17.2 Å². The molecule has 2 aromatic heterocycles. The molecule has 3 aromatic rings. The van der Waals surface area contributed by atoms with Gasteiger partial charge in [-0.2, -0.15) is 4.98 Å². The molecular weight excluding hydrogens is 387 g/mol. The standard InChI is InChI=1S/C21H23FN6O2/c1-13(2)9-18-24-20(25-30-18)19-17-11-27(21(29)26-7-3-4-8-26)16-10-14(22)5-6-15(16)28(17)12-23-19/h5-6,10,12-13H,3-4,7-9,11H2,1-2H3. The number of halogens is 1. The Bertz CT molecular complexity index is 1100. The molecule has 8 nitrogen and oxygen atoms in total. The van der Waals surface area contributed by atoms with E-state index in [4.69, 9.17) is 4.52 Å². The molecule has 0 radical (unpaired) electrons. The molecule has 5 rings (SSSR count). The third-order valence-electron chi connectivity index (χ3n) is 5.53. The lowest BCUT2D eigenvalue weighted by molar-refractivity contribution is 0.214. The molecule has 0 aliphatic carbocycles. The molecule has 0 N–H and O–H groups in total. The van der Waals surface area contributed by atoms with Gasteiger partial charge in [-0.25, -0.2) is 14.2 Å². The number of hydrogen-bond acceptors (Lipinski definition) is 5. The molecule has 0 atom stereocenters. The molecule has 1 fully saturated rings. The summed E-state index contributed by atoms with van der Waals surface area (Å²) in [4.78, 5) is 25.7. The number of hydrogen-bond donors (Lipinski definition) is 0. The van der Waals surface area contributed by atoms with Crippen molar-refractivity contribution < 1.29 is 13.7 Å². The van der Waals surface area contributed by atoms with Crippen LogP contribution in [0.3, 0.4) is 0 Å². The molecule has 4 heterocycles. The Labute approximate surface area is 173 Å². The maximum absolute atomic E-state index is 14.1. The van der Waals surface area contributed by atoms with Gasteiger partial charge < -0.3 is 9.42 Å². The van der Waals surface area contributed by atoms with E-state index < -0.39 is 0 Å². The first-order valence-corrected chi connectivity index (χ1v) is 10.3. The second-order valence-electron chi connectivity index (χ2n) is 8.22. The molecule has 2 aliphatic heterocycles. The Kier molecular flexibility index (Phi) is 4.52. The normalized spacial score (nSPS) is 15.6. The molecule has 30 heavy (non-hydrogen) atoms. The van der Waals surface area contributed by atoms with E-state index >= 15 is 0 Å². The van der Waals surface area contributed by atoms with Gasteiger partial charge in [-0.3, -0.25) is 9.47 Å². The highest BCUT2D eigenvalue weighted by Crippen LogP contribution is 2.37. The quantitative estimate of drug-likeness (QED) is 0.656. The average Bonchev–Trinajstić information content (AvgIpc) is 3.46. The Balaban J connectivity index is 1.57. The Hall–Kier alpha value is -3.23. The van der Waals surface area contributed by atoms with Gasteiger partial charge in [0.1, 0.15) is 17.8 Å². The van der Waals surface area contributed by atoms with Crippen molar-refractivity contribution in [3.05, 3.63) is 41.9 Å². The summed E-state index contributed by atoms with van der Waals surface area (Å²) in [6, 6.07) is 4.34. The van der Waals surface area contributed by atoms with E-state index in [9.17, 15) is 9.18 Å². The summed E-state index contributed by atoms with van der Waals surface area (Å²) < 4.78 is 21.3. The number of rotatable bonds is 3. The fourth-order valence-corrected chi connectivity index (χ4v) is 4.10. The molecule has 1 aromatic carbocycles. The lowest BCUT2D eigenvalue weighted by atomic mass is 10.1. The Morgan fingerprint density at radius 3 is 2.80 bits per heavy atom. The van der Waals surface area contributed by atoms with E-state index in [1.54, 1.807) is 17.3 Å². The molecule has 1 saturated heterocycles. The van der Waals surface area contributed by atoms with Crippen LogP contribution in [0.5, 0.6) is 0 Å². The maximum atomic E-state index is 14.1. The van der Waals surface area contributed by atoms with E-state index in [0.717, 1.165) is 31.6 Å². The number of urea groups is 1. The minimum Gasteiger partial charge on any atom is -0.339 e. The molecule has 0 saturated carbocycles. The van der Waals surface area contributed by atoms with Crippen molar-refractivity contribution in [1.82, 2.24) is 24.6 Å². The van der Waals surface area contributed by atoms with Gasteiger partial charge in [0.25, 0.3) is 0 Å². The Morgan fingerprint density at radius 2 is 2.03 bits per heavy atom. The van der Waals surface area contributed by atoms with Crippen LogP contribution < -0.4 is 4.90 Å². The highest BCUT2D eigenvalue weighted by atomic mass is 19.1. The molecular formula is C21H23FN6O2. The number of fused-ring (bicyclic) bond motifs is 3. The lowest BCUT2D eigenvalue weighted by Crippen LogP contribution is -2.43. The molecule has 0 bridgehead atoms. The first kappa shape index (κ1) is 18.8. The smallest absolute Gasteiger partial charge is 0.324 e. The third-order valence-corrected chi connectivity index (χ3v) is 5.53. The minimum atomic E-state index is -0.381. The van der Waals surface area contributed by atoms with Gasteiger partial charge >= 0.3 is 6.03 Å². The number of aromatic nitrogens is 4. The van der Waals surface area contributed by atoms with Crippen LogP contribution in [0.1, 0.15) is 38.3 Å². The van der Waals surface area contributed by atoms with E-state index in [-0.39, 0.29) is 18.4 Å². The van der Waals surface area contributed by atoms with E-state index in [1.165, 1.54) is 12.1 Å². The second kappa shape index (κ2) is 7.23. The molecule has 2 aliphatic rings. The molecule has 0 spiro atoms. The Morgan fingerprint density at radius 1 is 1.23 bits per heavy atom. The van der Waals surface area contributed by atoms with Crippen LogP contribution >= 0.6 is 0 Å². The highest BCUT2D eigenvalue weighted by Gasteiger charge is 2.34. The van der Waals surface area contributed by atoms with Crippen molar-refractivity contribution in [1.29, 1.82) is 0 Å². The zero-order valence-electron chi connectivity index (χ0n) is 17.0. The van der Waals surface area contributed by atoms with Gasteiger partial charge in [-0.15, -0.1) is 0 Å². The van der Waals surface area contributed by atoms with Crippen molar-refractivity contribution >= 4 is 11.7 Å². The number of benzene rings is 1. The SMILES string of the molecule is CC(C)Cc1nc(-c2ncn3c2CN(C(=O)N2CCCC2)c2cc(F)ccc2-3)no1. The zero-order valence-corrected chi connectivity index (χ0v) is 17.0. The highest BCUT2D eigenvalue weighted by molar-refractivity contribution is 5.95. The topological polar surface area (TPSA) is 80.3 Å². The number of carbonyl (C=O) groups excluding carboxylic acids is 1. The monoisotopic (exact) mass is 410 g/mol. The number of imidazole rings is 1. The van der Waals surface area contributed by atoms with Crippen LogP contribution in [0.2, 0.25) is 0 Å². The number of amides is 2. The summed E-state index contributed by atoms with van der Waals surface area (Å²) in [5.41, 5.74) is 2.59. The van der Waals surface area contributed by atoms with Gasteiger partial charge in [-0.1, -0.05) is 19.0 Å². The molecule has 2 amide bonds. The van der Waals surface area contributed by atoms with E-state index in [0.29, 0.717) is 41.1 Å². The van der Waals surface area contributed by atoms with E-state index in [2.05, 4.69) is 29.0 Å². The van der Waals surface area contributed by atoms with Crippen LogP contribution in [0.15, 0.2) is 29.0 Å². The van der Waals surface area contributed by atoms with Crippen molar-refractivity contribution in [2.24, 2.45) is 5.92 Å². The number of carbonyl (C=O) groups is 1. The molecule has 156 valence electrons. The van der Waals surface area contributed by atoms with Gasteiger partial charge in [0, 0.05) is 19.5 Å². The number of anilines is 1. The second-order valence-corrected chi connectivity index (χ2v) is 8.22. The zero-order chi connectivity index (χ0) is 20.8. The molecule has 0 unspecified atom stereocenters.